The average molecular weight is 449 g/mol. The molecule has 4 aliphatic carbocycles. The summed E-state index contributed by atoms with van der Waals surface area (Å²) < 4.78 is 5.27. The highest BCUT2D eigenvalue weighted by molar-refractivity contribution is 5.84. The largest absolute Gasteiger partial charge is 0.452 e. The molecule has 4 amide bonds. The number of nitrogens with one attached hydrogen (secondary N) is 2. The zero-order valence-corrected chi connectivity index (χ0v) is 19.2. The number of carbonyl (C=O) groups is 4. The van der Waals surface area contributed by atoms with Crippen LogP contribution in [-0.4, -0.2) is 78.0 Å². The molecule has 9 heteroatoms. The Kier molecular flexibility index (Phi) is 6.62. The normalized spacial score (nSPS) is 31.8. The maximum absolute atomic E-state index is 12.5. The van der Waals surface area contributed by atoms with Gasteiger partial charge in [0.05, 0.1) is 6.42 Å². The number of ether oxygens (including phenoxy) is 1. The Morgan fingerprint density at radius 2 is 1.47 bits per heavy atom. The summed E-state index contributed by atoms with van der Waals surface area (Å²) in [5.74, 6) is 1.48. The van der Waals surface area contributed by atoms with Gasteiger partial charge >= 0.3 is 12.0 Å². The van der Waals surface area contributed by atoms with Crippen molar-refractivity contribution in [3.05, 3.63) is 0 Å². The molecule has 32 heavy (non-hydrogen) atoms. The number of esters is 1. The summed E-state index contributed by atoms with van der Waals surface area (Å²) in [6, 6.07) is -0.216. The number of piperazine rings is 1. The molecule has 5 fully saturated rings. The molecule has 1 atom stereocenters. The van der Waals surface area contributed by atoms with Gasteiger partial charge in [-0.1, -0.05) is 0 Å². The lowest BCUT2D eigenvalue weighted by Gasteiger charge is -2.56. The summed E-state index contributed by atoms with van der Waals surface area (Å²) >= 11 is 0. The first-order valence-electron chi connectivity index (χ1n) is 12.0. The summed E-state index contributed by atoms with van der Waals surface area (Å²) in [6.07, 6.45) is 6.32. The molecule has 0 aromatic rings. The van der Waals surface area contributed by atoms with Crippen LogP contribution >= 0.6 is 0 Å². The van der Waals surface area contributed by atoms with Crippen molar-refractivity contribution >= 4 is 23.8 Å². The number of urea groups is 1. The monoisotopic (exact) mass is 448 g/mol. The van der Waals surface area contributed by atoms with E-state index in [1.807, 2.05) is 0 Å². The quantitative estimate of drug-likeness (QED) is 0.595. The minimum Gasteiger partial charge on any atom is -0.452 e. The van der Waals surface area contributed by atoms with Gasteiger partial charge in [0.1, 0.15) is 0 Å². The lowest BCUT2D eigenvalue weighted by molar-refractivity contribution is -0.160. The lowest BCUT2D eigenvalue weighted by Crippen LogP contribution is -2.61. The van der Waals surface area contributed by atoms with Crippen molar-refractivity contribution in [2.45, 2.75) is 70.4 Å². The van der Waals surface area contributed by atoms with Crippen LogP contribution in [-0.2, 0) is 19.1 Å². The van der Waals surface area contributed by atoms with E-state index in [1.54, 1.807) is 16.7 Å². The highest BCUT2D eigenvalue weighted by atomic mass is 16.5. The van der Waals surface area contributed by atoms with E-state index in [4.69, 9.17) is 4.74 Å². The van der Waals surface area contributed by atoms with Crippen LogP contribution in [0.4, 0.5) is 4.79 Å². The fourth-order valence-electron chi connectivity index (χ4n) is 6.63. The molecule has 1 saturated heterocycles. The van der Waals surface area contributed by atoms with Crippen molar-refractivity contribution in [2.24, 2.45) is 17.8 Å². The third-order valence-electron chi connectivity index (χ3n) is 7.72. The molecule has 1 aliphatic heterocycles. The van der Waals surface area contributed by atoms with Crippen molar-refractivity contribution in [3.8, 4) is 0 Å². The predicted octanol–water partition coefficient (Wildman–Crippen LogP) is 1.27. The van der Waals surface area contributed by atoms with Gasteiger partial charge < -0.3 is 25.2 Å². The second kappa shape index (κ2) is 9.27. The number of hydrogen-bond acceptors (Lipinski definition) is 5. The molecule has 4 bridgehead atoms. The first-order valence-corrected chi connectivity index (χ1v) is 12.0. The number of amides is 4. The van der Waals surface area contributed by atoms with E-state index in [1.165, 1.54) is 26.2 Å². The minimum absolute atomic E-state index is 0.00342. The number of hydrogen-bond donors (Lipinski definition) is 2. The Morgan fingerprint density at radius 3 is 2.00 bits per heavy atom. The molecule has 1 heterocycles. The first kappa shape index (κ1) is 22.9. The molecular formula is C23H36N4O5. The van der Waals surface area contributed by atoms with Gasteiger partial charge in [-0.15, -0.1) is 0 Å². The standard InChI is InChI=1S/C23H36N4O5/c1-15(21(30)27-7-5-26(6-8-27)16(2)28)32-20(29)3-4-24-22(31)25-23-12-17-9-18(13-23)11-19(10-17)14-23/h15,17-19H,3-14H2,1-2H3,(H2,24,25,31). The fourth-order valence-corrected chi connectivity index (χ4v) is 6.63. The van der Waals surface area contributed by atoms with E-state index >= 15 is 0 Å². The van der Waals surface area contributed by atoms with Crippen LogP contribution in [0.15, 0.2) is 0 Å². The molecule has 5 aliphatic rings. The Bertz CT molecular complexity index is 726. The summed E-state index contributed by atoms with van der Waals surface area (Å²) in [7, 11) is 0. The molecule has 9 nitrogen and oxygen atoms in total. The van der Waals surface area contributed by atoms with E-state index in [-0.39, 0.29) is 36.3 Å². The Labute approximate surface area is 189 Å². The van der Waals surface area contributed by atoms with Gasteiger partial charge in [0, 0.05) is 45.2 Å². The molecular weight excluding hydrogens is 412 g/mol. The maximum atomic E-state index is 12.5. The van der Waals surface area contributed by atoms with E-state index in [2.05, 4.69) is 10.6 Å². The van der Waals surface area contributed by atoms with Crippen LogP contribution in [0, 0.1) is 17.8 Å². The summed E-state index contributed by atoms with van der Waals surface area (Å²) in [6.45, 7) is 5.10. The molecule has 2 N–H and O–H groups in total. The van der Waals surface area contributed by atoms with Gasteiger partial charge in [-0.3, -0.25) is 14.4 Å². The van der Waals surface area contributed by atoms with Crippen molar-refractivity contribution in [1.29, 1.82) is 0 Å². The third-order valence-corrected chi connectivity index (χ3v) is 7.72. The predicted molar refractivity (Wildman–Crippen MR) is 116 cm³/mol. The van der Waals surface area contributed by atoms with Crippen molar-refractivity contribution in [3.63, 3.8) is 0 Å². The molecule has 178 valence electrons. The van der Waals surface area contributed by atoms with Gasteiger partial charge in [0.2, 0.25) is 5.91 Å². The van der Waals surface area contributed by atoms with Crippen LogP contribution in [0.3, 0.4) is 0 Å². The Morgan fingerprint density at radius 1 is 0.938 bits per heavy atom. The molecule has 4 saturated carbocycles. The molecule has 0 aromatic heterocycles. The van der Waals surface area contributed by atoms with Crippen molar-refractivity contribution in [2.75, 3.05) is 32.7 Å². The fraction of sp³-hybridized carbons (Fsp3) is 0.826. The van der Waals surface area contributed by atoms with Gasteiger partial charge in [-0.05, 0) is 63.2 Å². The molecule has 0 aromatic carbocycles. The number of rotatable bonds is 6. The SMILES string of the molecule is CC(=O)N1CCN(C(=O)C(C)OC(=O)CCNC(=O)NC23CC4CC(CC(C4)C2)C3)CC1. The lowest BCUT2D eigenvalue weighted by atomic mass is 9.53. The van der Waals surface area contributed by atoms with Crippen molar-refractivity contribution in [1.82, 2.24) is 20.4 Å². The van der Waals surface area contributed by atoms with E-state index < -0.39 is 12.1 Å². The van der Waals surface area contributed by atoms with E-state index in [9.17, 15) is 19.2 Å². The van der Waals surface area contributed by atoms with Crippen LogP contribution in [0.1, 0.15) is 58.8 Å². The Hall–Kier alpha value is -2.32. The smallest absolute Gasteiger partial charge is 0.315 e. The third kappa shape index (κ3) is 5.18. The molecule has 5 rings (SSSR count). The highest BCUT2D eigenvalue weighted by Gasteiger charge is 2.51. The second-order valence-corrected chi connectivity index (χ2v) is 10.3. The zero-order valence-electron chi connectivity index (χ0n) is 19.2. The summed E-state index contributed by atoms with van der Waals surface area (Å²) in [4.78, 5) is 51.8. The molecule has 0 spiro atoms. The van der Waals surface area contributed by atoms with Gasteiger partial charge in [0.15, 0.2) is 6.10 Å². The minimum atomic E-state index is -0.882. The maximum Gasteiger partial charge on any atom is 0.315 e. The van der Waals surface area contributed by atoms with Crippen LogP contribution in [0.25, 0.3) is 0 Å². The van der Waals surface area contributed by atoms with Gasteiger partial charge in [-0.2, -0.15) is 0 Å². The highest BCUT2D eigenvalue weighted by Crippen LogP contribution is 2.55. The van der Waals surface area contributed by atoms with Crippen LogP contribution in [0.5, 0.6) is 0 Å². The number of carbonyl (C=O) groups excluding carboxylic acids is 4. The molecule has 1 unspecified atom stereocenters. The van der Waals surface area contributed by atoms with Crippen molar-refractivity contribution < 1.29 is 23.9 Å². The summed E-state index contributed by atoms with van der Waals surface area (Å²) in [5.41, 5.74) is -0.0628. The van der Waals surface area contributed by atoms with Gasteiger partial charge in [-0.25, -0.2) is 4.79 Å². The van der Waals surface area contributed by atoms with E-state index in [0.29, 0.717) is 26.2 Å². The topological polar surface area (TPSA) is 108 Å². The second-order valence-electron chi connectivity index (χ2n) is 10.3. The van der Waals surface area contributed by atoms with Gasteiger partial charge in [0.25, 0.3) is 5.91 Å². The van der Waals surface area contributed by atoms with Crippen LogP contribution < -0.4 is 10.6 Å². The zero-order chi connectivity index (χ0) is 22.9. The average Bonchev–Trinajstić information content (AvgIpc) is 2.71. The molecule has 0 radical (unpaired) electrons. The van der Waals surface area contributed by atoms with Crippen LogP contribution in [0.2, 0.25) is 0 Å². The number of nitrogens with zero attached hydrogens (tertiary/aromatic N) is 2. The van der Waals surface area contributed by atoms with E-state index in [0.717, 1.165) is 37.0 Å². The Balaban J connectivity index is 1.14. The summed E-state index contributed by atoms with van der Waals surface area (Å²) in [5, 5.41) is 6.01. The first-order chi connectivity index (χ1) is 15.2.